The van der Waals surface area contributed by atoms with E-state index in [1.807, 2.05) is 38.1 Å². The molecule has 4 nitrogen and oxygen atoms in total. The van der Waals surface area contributed by atoms with E-state index in [9.17, 15) is 4.79 Å². The Kier molecular flexibility index (Phi) is 4.97. The summed E-state index contributed by atoms with van der Waals surface area (Å²) < 4.78 is 5.14. The van der Waals surface area contributed by atoms with Crippen LogP contribution in [0.4, 0.5) is 0 Å². The summed E-state index contributed by atoms with van der Waals surface area (Å²) in [5.74, 6) is -0.0400. The molecule has 1 aromatic rings. The van der Waals surface area contributed by atoms with Gasteiger partial charge in [-0.3, -0.25) is 10.1 Å². The number of carbonyl (C=O) groups is 1. The van der Waals surface area contributed by atoms with Gasteiger partial charge in [0, 0.05) is 6.04 Å². The lowest BCUT2D eigenvalue weighted by molar-refractivity contribution is -0.139. The first kappa shape index (κ1) is 13.5. The van der Waals surface area contributed by atoms with Crippen molar-refractivity contribution in [3.8, 4) is 5.75 Å². The minimum Gasteiger partial charge on any atom is -0.497 e. The van der Waals surface area contributed by atoms with Crippen molar-refractivity contribution >= 4 is 5.97 Å². The Morgan fingerprint density at radius 1 is 1.53 bits per heavy atom. The van der Waals surface area contributed by atoms with Gasteiger partial charge in [0.2, 0.25) is 0 Å². The highest BCUT2D eigenvalue weighted by Gasteiger charge is 2.18. The number of hydrogen-bond acceptors (Lipinski definition) is 3. The maximum absolute atomic E-state index is 10.9. The van der Waals surface area contributed by atoms with E-state index in [1.54, 1.807) is 7.11 Å². The summed E-state index contributed by atoms with van der Waals surface area (Å²) >= 11 is 0. The van der Waals surface area contributed by atoms with Crippen LogP contribution in [0, 0.1) is 0 Å². The SMILES string of the molecule is CCC(NC(C)c1cccc(OC)c1)C(=O)O. The fraction of sp³-hybridized carbons (Fsp3) is 0.462. The third-order valence-electron chi connectivity index (χ3n) is 2.75. The molecule has 2 N–H and O–H groups in total. The lowest BCUT2D eigenvalue weighted by atomic mass is 10.1. The van der Waals surface area contributed by atoms with Gasteiger partial charge in [-0.05, 0) is 31.0 Å². The highest BCUT2D eigenvalue weighted by atomic mass is 16.5. The van der Waals surface area contributed by atoms with Crippen molar-refractivity contribution in [1.29, 1.82) is 0 Å². The van der Waals surface area contributed by atoms with E-state index in [0.717, 1.165) is 11.3 Å². The van der Waals surface area contributed by atoms with Gasteiger partial charge in [-0.2, -0.15) is 0 Å². The lowest BCUT2D eigenvalue weighted by Crippen LogP contribution is -2.37. The van der Waals surface area contributed by atoms with E-state index in [1.165, 1.54) is 0 Å². The van der Waals surface area contributed by atoms with Crippen molar-refractivity contribution in [3.05, 3.63) is 29.8 Å². The molecule has 2 unspecified atom stereocenters. The van der Waals surface area contributed by atoms with Crippen LogP contribution in [0.5, 0.6) is 5.75 Å². The van der Waals surface area contributed by atoms with E-state index < -0.39 is 12.0 Å². The molecular formula is C13H19NO3. The van der Waals surface area contributed by atoms with Gasteiger partial charge >= 0.3 is 5.97 Å². The first-order chi connectivity index (χ1) is 8.08. The van der Waals surface area contributed by atoms with Crippen LogP contribution in [0.15, 0.2) is 24.3 Å². The topological polar surface area (TPSA) is 58.6 Å². The van der Waals surface area contributed by atoms with Crippen LogP contribution in [-0.2, 0) is 4.79 Å². The van der Waals surface area contributed by atoms with E-state index in [0.29, 0.717) is 6.42 Å². The third-order valence-corrected chi connectivity index (χ3v) is 2.75. The summed E-state index contributed by atoms with van der Waals surface area (Å²) in [5, 5.41) is 12.1. The van der Waals surface area contributed by atoms with E-state index in [4.69, 9.17) is 9.84 Å². The van der Waals surface area contributed by atoms with Crippen LogP contribution in [-0.4, -0.2) is 24.2 Å². The number of rotatable bonds is 6. The average molecular weight is 237 g/mol. The first-order valence-electron chi connectivity index (χ1n) is 5.71. The molecule has 0 fully saturated rings. The second-order valence-electron chi connectivity index (χ2n) is 3.96. The zero-order valence-corrected chi connectivity index (χ0v) is 10.4. The number of ether oxygens (including phenoxy) is 1. The normalized spacial score (nSPS) is 14.1. The van der Waals surface area contributed by atoms with Crippen LogP contribution in [0.3, 0.4) is 0 Å². The van der Waals surface area contributed by atoms with Crippen molar-refractivity contribution in [2.24, 2.45) is 0 Å². The predicted octanol–water partition coefficient (Wildman–Crippen LogP) is 2.21. The molecule has 0 spiro atoms. The summed E-state index contributed by atoms with van der Waals surface area (Å²) in [6.07, 6.45) is 0.559. The summed E-state index contributed by atoms with van der Waals surface area (Å²) in [5.41, 5.74) is 1.02. The van der Waals surface area contributed by atoms with E-state index in [-0.39, 0.29) is 6.04 Å². The molecule has 0 aliphatic carbocycles. The summed E-state index contributed by atoms with van der Waals surface area (Å²) in [7, 11) is 1.61. The van der Waals surface area contributed by atoms with Crippen molar-refractivity contribution in [2.45, 2.75) is 32.4 Å². The van der Waals surface area contributed by atoms with Crippen LogP contribution in [0.1, 0.15) is 31.9 Å². The Hall–Kier alpha value is -1.55. The standard InChI is InChI=1S/C13H19NO3/c1-4-12(13(15)16)14-9(2)10-6-5-7-11(8-10)17-3/h5-9,12,14H,4H2,1-3H3,(H,15,16). The Balaban J connectivity index is 2.74. The van der Waals surface area contributed by atoms with Gasteiger partial charge in [0.25, 0.3) is 0 Å². The number of nitrogens with one attached hydrogen (secondary N) is 1. The lowest BCUT2D eigenvalue weighted by Gasteiger charge is -2.19. The summed E-state index contributed by atoms with van der Waals surface area (Å²) in [6.45, 7) is 3.80. The van der Waals surface area contributed by atoms with Gasteiger partial charge in [0.15, 0.2) is 0 Å². The number of methoxy groups -OCH3 is 1. The van der Waals surface area contributed by atoms with Crippen molar-refractivity contribution in [2.75, 3.05) is 7.11 Å². The Labute approximate surface area is 102 Å². The van der Waals surface area contributed by atoms with E-state index >= 15 is 0 Å². The average Bonchev–Trinajstić information content (AvgIpc) is 2.35. The number of hydrogen-bond donors (Lipinski definition) is 2. The molecule has 94 valence electrons. The van der Waals surface area contributed by atoms with Crippen LogP contribution < -0.4 is 10.1 Å². The zero-order valence-electron chi connectivity index (χ0n) is 10.4. The fourth-order valence-corrected chi connectivity index (χ4v) is 1.67. The summed E-state index contributed by atoms with van der Waals surface area (Å²) in [6, 6.07) is 7.09. The molecule has 0 aliphatic heterocycles. The molecule has 4 heteroatoms. The summed E-state index contributed by atoms with van der Waals surface area (Å²) in [4.78, 5) is 10.9. The number of aliphatic carboxylic acids is 1. The smallest absolute Gasteiger partial charge is 0.320 e. The van der Waals surface area contributed by atoms with Crippen LogP contribution >= 0.6 is 0 Å². The molecule has 0 heterocycles. The molecule has 0 saturated heterocycles. The monoisotopic (exact) mass is 237 g/mol. The van der Waals surface area contributed by atoms with Crippen molar-refractivity contribution in [1.82, 2.24) is 5.32 Å². The van der Waals surface area contributed by atoms with Gasteiger partial charge in [0.05, 0.1) is 7.11 Å². The van der Waals surface area contributed by atoms with Crippen LogP contribution in [0.2, 0.25) is 0 Å². The highest BCUT2D eigenvalue weighted by Crippen LogP contribution is 2.19. The second-order valence-corrected chi connectivity index (χ2v) is 3.96. The Bertz CT molecular complexity index is 379. The highest BCUT2D eigenvalue weighted by molar-refractivity contribution is 5.73. The molecule has 0 aromatic heterocycles. The molecule has 0 aliphatic rings. The molecule has 2 atom stereocenters. The molecule has 0 bridgehead atoms. The molecule has 1 rings (SSSR count). The molecule has 0 radical (unpaired) electrons. The fourth-order valence-electron chi connectivity index (χ4n) is 1.67. The molecule has 17 heavy (non-hydrogen) atoms. The van der Waals surface area contributed by atoms with Crippen molar-refractivity contribution < 1.29 is 14.6 Å². The van der Waals surface area contributed by atoms with Gasteiger partial charge in [0.1, 0.15) is 11.8 Å². The van der Waals surface area contributed by atoms with Crippen LogP contribution in [0.25, 0.3) is 0 Å². The number of benzene rings is 1. The van der Waals surface area contributed by atoms with Crippen molar-refractivity contribution in [3.63, 3.8) is 0 Å². The van der Waals surface area contributed by atoms with E-state index in [2.05, 4.69) is 5.32 Å². The van der Waals surface area contributed by atoms with Gasteiger partial charge in [-0.1, -0.05) is 19.1 Å². The van der Waals surface area contributed by atoms with Gasteiger partial charge in [-0.25, -0.2) is 0 Å². The molecular weight excluding hydrogens is 218 g/mol. The maximum Gasteiger partial charge on any atom is 0.320 e. The number of carboxylic acids is 1. The third kappa shape index (κ3) is 3.75. The second kappa shape index (κ2) is 6.25. The molecule has 0 amide bonds. The predicted molar refractivity (Wildman–Crippen MR) is 66.3 cm³/mol. The Morgan fingerprint density at radius 3 is 2.76 bits per heavy atom. The Morgan fingerprint density at radius 2 is 2.24 bits per heavy atom. The number of carboxylic acid groups (broad SMARTS) is 1. The quantitative estimate of drug-likeness (QED) is 0.796. The van der Waals surface area contributed by atoms with Gasteiger partial charge in [-0.15, -0.1) is 0 Å². The first-order valence-corrected chi connectivity index (χ1v) is 5.71. The maximum atomic E-state index is 10.9. The largest absolute Gasteiger partial charge is 0.497 e. The molecule has 1 aromatic carbocycles. The molecule has 0 saturated carbocycles. The zero-order chi connectivity index (χ0) is 12.8. The minimum atomic E-state index is -0.817. The van der Waals surface area contributed by atoms with Gasteiger partial charge < -0.3 is 9.84 Å². The minimum absolute atomic E-state index is 0.0221.